The average Bonchev–Trinajstić information content (AvgIpc) is 2.82. The lowest BCUT2D eigenvalue weighted by molar-refractivity contribution is -0.137. The van der Waals surface area contributed by atoms with Gasteiger partial charge in [-0.05, 0) is 73.6 Å². The number of benzene rings is 2. The summed E-state index contributed by atoms with van der Waals surface area (Å²) in [6.45, 7) is -0.151. The predicted molar refractivity (Wildman–Crippen MR) is 122 cm³/mol. The van der Waals surface area contributed by atoms with Crippen molar-refractivity contribution in [2.45, 2.75) is 55.7 Å². The van der Waals surface area contributed by atoms with E-state index < -0.39 is 38.7 Å². The van der Waals surface area contributed by atoms with Crippen molar-refractivity contribution in [2.75, 3.05) is 10.8 Å². The standard InChI is InChI=1S/C24H25F3N2O4S/c25-24(26,27)18-7-4-8-20(14-18)34(31,32)29-15-19(10-12-23(28)30)33-22-11-9-17(13-21(22)29)16-5-2-1-3-6-16/h4-5,7-9,11,13-14,19H,1-3,6,10,12,15H2,(H2,28,30)/t19-/m0/s1. The number of sulfonamides is 1. The first kappa shape index (κ1) is 24.1. The summed E-state index contributed by atoms with van der Waals surface area (Å²) in [4.78, 5) is 10.8. The number of fused-ring (bicyclic) bond motifs is 1. The Morgan fingerprint density at radius 1 is 1.15 bits per heavy atom. The van der Waals surface area contributed by atoms with Crippen LogP contribution in [-0.4, -0.2) is 27.0 Å². The second-order valence-corrected chi connectivity index (χ2v) is 10.3. The zero-order chi connectivity index (χ0) is 24.5. The lowest BCUT2D eigenvalue weighted by Crippen LogP contribution is -2.44. The van der Waals surface area contributed by atoms with Crippen molar-refractivity contribution in [3.63, 3.8) is 0 Å². The molecule has 2 aliphatic rings. The number of nitrogens with two attached hydrogens (primary N) is 1. The maximum atomic E-state index is 13.6. The van der Waals surface area contributed by atoms with Crippen LogP contribution in [0.15, 0.2) is 53.4 Å². The maximum absolute atomic E-state index is 13.6. The average molecular weight is 495 g/mol. The fourth-order valence-corrected chi connectivity index (χ4v) is 5.80. The quantitative estimate of drug-likeness (QED) is 0.620. The zero-order valence-electron chi connectivity index (χ0n) is 18.3. The molecule has 0 saturated carbocycles. The minimum atomic E-state index is -4.68. The van der Waals surface area contributed by atoms with Gasteiger partial charge in [0, 0.05) is 6.42 Å². The Morgan fingerprint density at radius 2 is 1.94 bits per heavy atom. The van der Waals surface area contributed by atoms with E-state index in [4.69, 9.17) is 10.5 Å². The summed E-state index contributed by atoms with van der Waals surface area (Å²) < 4.78 is 74.0. The number of halogens is 3. The molecule has 1 heterocycles. The lowest BCUT2D eigenvalue weighted by atomic mass is 9.93. The summed E-state index contributed by atoms with van der Waals surface area (Å²) >= 11 is 0. The van der Waals surface area contributed by atoms with Crippen molar-refractivity contribution >= 4 is 27.2 Å². The number of allylic oxidation sites excluding steroid dienone is 2. The molecule has 0 saturated heterocycles. The first-order valence-corrected chi connectivity index (χ1v) is 12.5. The Hall–Kier alpha value is -3.01. The summed E-state index contributed by atoms with van der Waals surface area (Å²) in [6, 6.07) is 8.91. The molecule has 0 fully saturated rings. The molecule has 2 N–H and O–H groups in total. The highest BCUT2D eigenvalue weighted by Gasteiger charge is 2.37. The molecule has 1 aliphatic carbocycles. The van der Waals surface area contributed by atoms with Crippen LogP contribution in [0.25, 0.3) is 5.57 Å². The topological polar surface area (TPSA) is 89.7 Å². The molecule has 0 aromatic heterocycles. The molecule has 182 valence electrons. The number of amides is 1. The van der Waals surface area contributed by atoms with Crippen LogP contribution in [-0.2, 0) is 21.0 Å². The van der Waals surface area contributed by atoms with Crippen molar-refractivity contribution in [3.05, 3.63) is 59.7 Å². The fraction of sp³-hybridized carbons (Fsp3) is 0.375. The molecule has 10 heteroatoms. The minimum absolute atomic E-state index is 0.0115. The van der Waals surface area contributed by atoms with Crippen LogP contribution in [0.5, 0.6) is 5.75 Å². The summed E-state index contributed by atoms with van der Waals surface area (Å²) in [5.74, 6) is -0.266. The summed E-state index contributed by atoms with van der Waals surface area (Å²) in [7, 11) is -4.36. The van der Waals surface area contributed by atoms with Gasteiger partial charge in [-0.15, -0.1) is 0 Å². The monoisotopic (exact) mass is 494 g/mol. The molecule has 2 aromatic carbocycles. The Bertz CT molecular complexity index is 1220. The number of hydrogen-bond donors (Lipinski definition) is 1. The highest BCUT2D eigenvalue weighted by atomic mass is 32.2. The van der Waals surface area contributed by atoms with E-state index in [1.165, 1.54) is 0 Å². The highest BCUT2D eigenvalue weighted by molar-refractivity contribution is 7.92. The van der Waals surface area contributed by atoms with Crippen LogP contribution in [0.1, 0.15) is 49.7 Å². The number of anilines is 1. The number of ether oxygens (including phenoxy) is 1. The third-order valence-electron chi connectivity index (χ3n) is 6.01. The first-order chi connectivity index (χ1) is 16.1. The molecule has 1 atom stereocenters. The molecule has 0 unspecified atom stereocenters. The Morgan fingerprint density at radius 3 is 2.62 bits per heavy atom. The summed E-state index contributed by atoms with van der Waals surface area (Å²) in [5.41, 5.74) is 6.40. The molecule has 0 bridgehead atoms. The van der Waals surface area contributed by atoms with Gasteiger partial charge < -0.3 is 10.5 Å². The normalized spacial score (nSPS) is 18.6. The van der Waals surface area contributed by atoms with Crippen LogP contribution >= 0.6 is 0 Å². The molecule has 34 heavy (non-hydrogen) atoms. The van der Waals surface area contributed by atoms with Gasteiger partial charge in [0.1, 0.15) is 11.9 Å². The van der Waals surface area contributed by atoms with Crippen molar-refractivity contribution in [1.29, 1.82) is 0 Å². The van der Waals surface area contributed by atoms with Gasteiger partial charge in [-0.3, -0.25) is 9.10 Å². The van der Waals surface area contributed by atoms with Gasteiger partial charge >= 0.3 is 6.18 Å². The van der Waals surface area contributed by atoms with E-state index in [-0.39, 0.29) is 30.8 Å². The smallest absolute Gasteiger partial charge is 0.416 e. The number of rotatable bonds is 6. The van der Waals surface area contributed by atoms with E-state index in [2.05, 4.69) is 6.08 Å². The van der Waals surface area contributed by atoms with Crippen LogP contribution in [0.2, 0.25) is 0 Å². The van der Waals surface area contributed by atoms with Crippen molar-refractivity contribution in [3.8, 4) is 5.75 Å². The van der Waals surface area contributed by atoms with Gasteiger partial charge in [0.15, 0.2) is 0 Å². The summed E-state index contributed by atoms with van der Waals surface area (Å²) in [5, 5.41) is 0. The number of primary amides is 1. The predicted octanol–water partition coefficient (Wildman–Crippen LogP) is 4.88. The molecule has 0 spiro atoms. The van der Waals surface area contributed by atoms with E-state index in [0.29, 0.717) is 6.07 Å². The second kappa shape index (κ2) is 9.32. The van der Waals surface area contributed by atoms with Gasteiger partial charge in [0.05, 0.1) is 22.7 Å². The van der Waals surface area contributed by atoms with Crippen LogP contribution in [0, 0.1) is 0 Å². The molecule has 0 radical (unpaired) electrons. The SMILES string of the molecule is NC(=O)CC[C@H]1CN(S(=O)(=O)c2cccc(C(F)(F)F)c2)c2cc(C3=CCCCC3)ccc2O1. The van der Waals surface area contributed by atoms with Crippen molar-refractivity contribution in [2.24, 2.45) is 5.73 Å². The van der Waals surface area contributed by atoms with Crippen LogP contribution in [0.3, 0.4) is 0 Å². The molecular weight excluding hydrogens is 469 g/mol. The van der Waals surface area contributed by atoms with Gasteiger partial charge in [-0.2, -0.15) is 13.2 Å². The third-order valence-corrected chi connectivity index (χ3v) is 7.79. The first-order valence-electron chi connectivity index (χ1n) is 11.0. The van der Waals surface area contributed by atoms with Gasteiger partial charge in [0.2, 0.25) is 5.91 Å². The van der Waals surface area contributed by atoms with Crippen molar-refractivity contribution < 1.29 is 31.1 Å². The van der Waals surface area contributed by atoms with E-state index in [0.717, 1.165) is 59.3 Å². The molecule has 1 amide bonds. The number of hydrogen-bond acceptors (Lipinski definition) is 4. The number of alkyl halides is 3. The molecule has 6 nitrogen and oxygen atoms in total. The fourth-order valence-electron chi connectivity index (χ4n) is 4.25. The molecular formula is C24H25F3N2O4S. The molecule has 2 aromatic rings. The lowest BCUT2D eigenvalue weighted by Gasteiger charge is -2.36. The molecule has 1 aliphatic heterocycles. The van der Waals surface area contributed by atoms with Gasteiger partial charge in [0.25, 0.3) is 10.0 Å². The Balaban J connectivity index is 1.78. The van der Waals surface area contributed by atoms with Crippen LogP contribution in [0.4, 0.5) is 18.9 Å². The van der Waals surface area contributed by atoms with Crippen molar-refractivity contribution in [1.82, 2.24) is 0 Å². The minimum Gasteiger partial charge on any atom is -0.486 e. The van der Waals surface area contributed by atoms with E-state index in [9.17, 15) is 26.4 Å². The zero-order valence-corrected chi connectivity index (χ0v) is 19.2. The largest absolute Gasteiger partial charge is 0.486 e. The number of carbonyl (C=O) groups is 1. The van der Waals surface area contributed by atoms with Gasteiger partial charge in [-0.25, -0.2) is 8.42 Å². The van der Waals surface area contributed by atoms with E-state index in [1.807, 2.05) is 6.07 Å². The number of carbonyl (C=O) groups excluding carboxylic acids is 1. The van der Waals surface area contributed by atoms with Crippen LogP contribution < -0.4 is 14.8 Å². The van der Waals surface area contributed by atoms with E-state index in [1.54, 1.807) is 12.1 Å². The maximum Gasteiger partial charge on any atom is 0.416 e. The highest BCUT2D eigenvalue weighted by Crippen LogP contribution is 2.41. The Labute approximate surface area is 196 Å². The third kappa shape index (κ3) is 5.06. The molecule has 4 rings (SSSR count). The second-order valence-electron chi connectivity index (χ2n) is 8.46. The number of nitrogens with zero attached hydrogens (tertiary/aromatic N) is 1. The Kier molecular flexibility index (Phi) is 6.62. The van der Waals surface area contributed by atoms with Gasteiger partial charge in [-0.1, -0.05) is 18.2 Å². The van der Waals surface area contributed by atoms with E-state index >= 15 is 0 Å². The summed E-state index contributed by atoms with van der Waals surface area (Å²) in [6.07, 6.45) is 0.843.